The normalized spacial score (nSPS) is 10.4. The van der Waals surface area contributed by atoms with E-state index in [0.29, 0.717) is 17.3 Å². The van der Waals surface area contributed by atoms with Crippen molar-refractivity contribution in [1.29, 1.82) is 0 Å². The molecule has 2 rings (SSSR count). The molecule has 0 aliphatic heterocycles. The van der Waals surface area contributed by atoms with Crippen LogP contribution in [0.5, 0.6) is 11.5 Å². The summed E-state index contributed by atoms with van der Waals surface area (Å²) in [7, 11) is 1.65. The predicted molar refractivity (Wildman–Crippen MR) is 94.5 cm³/mol. The first-order chi connectivity index (χ1) is 11.6. The average Bonchev–Trinajstić information content (AvgIpc) is 2.58. The van der Waals surface area contributed by atoms with Crippen molar-refractivity contribution in [3.8, 4) is 11.5 Å². The maximum atomic E-state index is 10.9. The average molecular weight is 349 g/mol. The zero-order valence-electron chi connectivity index (χ0n) is 13.5. The van der Waals surface area contributed by atoms with E-state index in [1.165, 1.54) is 5.56 Å². The lowest BCUT2D eigenvalue weighted by molar-refractivity contribution is -0.119. The third-order valence-electron chi connectivity index (χ3n) is 3.46. The van der Waals surface area contributed by atoms with Crippen LogP contribution in [0.4, 0.5) is 0 Å². The molecule has 2 aromatic carbocycles. The third-order valence-corrected chi connectivity index (χ3v) is 3.69. The molecule has 0 unspecified atom stereocenters. The standard InChI is InChI=1S/C18H21ClN2O3/c1-23-16-5-2-13(3-6-16)8-9-21-11-14-10-15(19)4-7-17(14)24-12-18(20)22/h2-7,10,21H,8-9,11-12H2,1H3,(H2,20,22). The SMILES string of the molecule is COc1ccc(CCNCc2cc(Cl)ccc2OCC(N)=O)cc1. The Morgan fingerprint density at radius 1 is 1.21 bits per heavy atom. The molecule has 0 radical (unpaired) electrons. The van der Waals surface area contributed by atoms with Gasteiger partial charge in [0.05, 0.1) is 7.11 Å². The quantitative estimate of drug-likeness (QED) is 0.683. The molecule has 24 heavy (non-hydrogen) atoms. The van der Waals surface area contributed by atoms with Crippen LogP contribution in [0, 0.1) is 0 Å². The topological polar surface area (TPSA) is 73.6 Å². The highest BCUT2D eigenvalue weighted by Gasteiger charge is 2.06. The zero-order chi connectivity index (χ0) is 17.4. The number of amides is 1. The molecule has 0 saturated carbocycles. The van der Waals surface area contributed by atoms with Crippen molar-refractivity contribution in [3.63, 3.8) is 0 Å². The van der Waals surface area contributed by atoms with Gasteiger partial charge in [-0.15, -0.1) is 0 Å². The van der Waals surface area contributed by atoms with Crippen LogP contribution >= 0.6 is 11.6 Å². The van der Waals surface area contributed by atoms with E-state index in [2.05, 4.69) is 5.32 Å². The second-order valence-electron chi connectivity index (χ2n) is 5.28. The van der Waals surface area contributed by atoms with E-state index in [1.807, 2.05) is 30.3 Å². The van der Waals surface area contributed by atoms with E-state index in [0.717, 1.165) is 24.3 Å². The largest absolute Gasteiger partial charge is 0.497 e. The summed E-state index contributed by atoms with van der Waals surface area (Å²) in [5.74, 6) is 0.945. The number of nitrogens with one attached hydrogen (secondary N) is 1. The number of carbonyl (C=O) groups excluding carboxylic acids is 1. The van der Waals surface area contributed by atoms with E-state index in [9.17, 15) is 4.79 Å². The number of ether oxygens (including phenoxy) is 2. The second-order valence-corrected chi connectivity index (χ2v) is 5.72. The van der Waals surface area contributed by atoms with Gasteiger partial charge in [-0.3, -0.25) is 4.79 Å². The van der Waals surface area contributed by atoms with Gasteiger partial charge in [0.1, 0.15) is 11.5 Å². The molecule has 0 saturated heterocycles. The molecule has 0 fully saturated rings. The Morgan fingerprint density at radius 3 is 2.62 bits per heavy atom. The molecule has 0 aliphatic carbocycles. The number of methoxy groups -OCH3 is 1. The van der Waals surface area contributed by atoms with Crippen LogP contribution < -0.4 is 20.5 Å². The van der Waals surface area contributed by atoms with E-state index in [4.69, 9.17) is 26.8 Å². The fourth-order valence-electron chi connectivity index (χ4n) is 2.22. The van der Waals surface area contributed by atoms with Crippen LogP contribution in [-0.2, 0) is 17.8 Å². The first-order valence-corrected chi connectivity index (χ1v) is 7.99. The highest BCUT2D eigenvalue weighted by molar-refractivity contribution is 6.30. The summed E-state index contributed by atoms with van der Waals surface area (Å²) < 4.78 is 10.5. The van der Waals surface area contributed by atoms with Crippen LogP contribution in [0.15, 0.2) is 42.5 Å². The molecule has 0 aromatic heterocycles. The van der Waals surface area contributed by atoms with E-state index >= 15 is 0 Å². The van der Waals surface area contributed by atoms with Gasteiger partial charge in [0.15, 0.2) is 6.61 Å². The highest BCUT2D eigenvalue weighted by Crippen LogP contribution is 2.23. The van der Waals surface area contributed by atoms with Gasteiger partial charge in [-0.1, -0.05) is 23.7 Å². The Morgan fingerprint density at radius 2 is 1.96 bits per heavy atom. The Bertz CT molecular complexity index is 674. The molecule has 0 aliphatic rings. The third kappa shape index (κ3) is 5.76. The molecule has 2 aromatic rings. The summed E-state index contributed by atoms with van der Waals surface area (Å²) in [5.41, 5.74) is 7.22. The van der Waals surface area contributed by atoms with Crippen LogP contribution in [0.3, 0.4) is 0 Å². The van der Waals surface area contributed by atoms with Crippen molar-refractivity contribution in [3.05, 3.63) is 58.6 Å². The van der Waals surface area contributed by atoms with Crippen LogP contribution in [0.25, 0.3) is 0 Å². The summed E-state index contributed by atoms with van der Waals surface area (Å²) >= 11 is 6.03. The lowest BCUT2D eigenvalue weighted by Gasteiger charge is -2.12. The molecule has 5 nitrogen and oxygen atoms in total. The van der Waals surface area contributed by atoms with Crippen molar-refractivity contribution in [2.75, 3.05) is 20.3 Å². The number of rotatable bonds is 9. The minimum Gasteiger partial charge on any atom is -0.497 e. The highest BCUT2D eigenvalue weighted by atomic mass is 35.5. The smallest absolute Gasteiger partial charge is 0.255 e. The first kappa shape index (κ1) is 18.1. The van der Waals surface area contributed by atoms with Crippen molar-refractivity contribution in [1.82, 2.24) is 5.32 Å². The van der Waals surface area contributed by atoms with Gasteiger partial charge in [0.25, 0.3) is 5.91 Å². The van der Waals surface area contributed by atoms with Gasteiger partial charge in [0, 0.05) is 17.1 Å². The van der Waals surface area contributed by atoms with E-state index in [-0.39, 0.29) is 6.61 Å². The van der Waals surface area contributed by atoms with Crippen molar-refractivity contribution in [2.45, 2.75) is 13.0 Å². The second kappa shape index (κ2) is 9.15. The zero-order valence-corrected chi connectivity index (χ0v) is 14.3. The number of benzene rings is 2. The molecule has 6 heteroatoms. The Balaban J connectivity index is 1.86. The molecular weight excluding hydrogens is 328 g/mol. The fraction of sp³-hybridized carbons (Fsp3) is 0.278. The Kier molecular flexibility index (Phi) is 6.90. The van der Waals surface area contributed by atoms with Crippen molar-refractivity contribution in [2.24, 2.45) is 5.73 Å². The summed E-state index contributed by atoms with van der Waals surface area (Å²) in [6, 6.07) is 13.3. The molecule has 3 N–H and O–H groups in total. The van der Waals surface area contributed by atoms with Crippen LogP contribution in [0.2, 0.25) is 5.02 Å². The molecular formula is C18H21ClN2O3. The van der Waals surface area contributed by atoms with Crippen molar-refractivity contribution >= 4 is 17.5 Å². The number of hydrogen-bond donors (Lipinski definition) is 2. The fourth-order valence-corrected chi connectivity index (χ4v) is 2.42. The lowest BCUT2D eigenvalue weighted by Crippen LogP contribution is -2.21. The first-order valence-electron chi connectivity index (χ1n) is 7.61. The Hall–Kier alpha value is -2.24. The van der Waals surface area contributed by atoms with Gasteiger partial charge < -0.3 is 20.5 Å². The summed E-state index contributed by atoms with van der Waals surface area (Å²) in [6.45, 7) is 1.24. The Labute approximate surface area is 146 Å². The number of hydrogen-bond acceptors (Lipinski definition) is 4. The van der Waals surface area contributed by atoms with Crippen LogP contribution in [-0.4, -0.2) is 26.2 Å². The maximum absolute atomic E-state index is 10.9. The van der Waals surface area contributed by atoms with E-state index < -0.39 is 5.91 Å². The number of halogens is 1. The molecule has 1 amide bonds. The number of nitrogens with two attached hydrogens (primary N) is 1. The minimum atomic E-state index is -0.511. The van der Waals surface area contributed by atoms with Gasteiger partial charge in [-0.05, 0) is 48.9 Å². The van der Waals surface area contributed by atoms with Gasteiger partial charge in [-0.2, -0.15) is 0 Å². The summed E-state index contributed by atoms with van der Waals surface area (Å²) in [4.78, 5) is 10.9. The molecule has 0 bridgehead atoms. The lowest BCUT2D eigenvalue weighted by atomic mass is 10.1. The van der Waals surface area contributed by atoms with Gasteiger partial charge >= 0.3 is 0 Å². The molecule has 0 atom stereocenters. The molecule has 0 heterocycles. The van der Waals surface area contributed by atoms with Crippen molar-refractivity contribution < 1.29 is 14.3 Å². The van der Waals surface area contributed by atoms with Gasteiger partial charge in [-0.25, -0.2) is 0 Å². The summed E-state index contributed by atoms with van der Waals surface area (Å²) in [6.07, 6.45) is 0.891. The molecule has 0 spiro atoms. The number of carbonyl (C=O) groups is 1. The molecule has 128 valence electrons. The van der Waals surface area contributed by atoms with Gasteiger partial charge in [0.2, 0.25) is 0 Å². The number of primary amides is 1. The predicted octanol–water partition coefficient (Wildman–Crippen LogP) is 2.54. The minimum absolute atomic E-state index is 0.152. The summed E-state index contributed by atoms with van der Waals surface area (Å²) in [5, 5.41) is 3.97. The van der Waals surface area contributed by atoms with Crippen LogP contribution in [0.1, 0.15) is 11.1 Å². The van der Waals surface area contributed by atoms with E-state index in [1.54, 1.807) is 19.2 Å². The maximum Gasteiger partial charge on any atom is 0.255 e. The monoisotopic (exact) mass is 348 g/mol.